The molecule has 0 spiro atoms. The van der Waals surface area contributed by atoms with Crippen LogP contribution in [-0.2, 0) is 4.79 Å². The van der Waals surface area contributed by atoms with Crippen LogP contribution < -0.4 is 16.0 Å². The van der Waals surface area contributed by atoms with E-state index in [-0.39, 0.29) is 11.2 Å². The van der Waals surface area contributed by atoms with Crippen LogP contribution >= 0.6 is 24.0 Å². The van der Waals surface area contributed by atoms with Gasteiger partial charge >= 0.3 is 0 Å². The van der Waals surface area contributed by atoms with E-state index in [2.05, 4.69) is 16.0 Å². The lowest BCUT2D eigenvalue weighted by Gasteiger charge is -2.16. The fourth-order valence-corrected chi connectivity index (χ4v) is 4.17. The fourth-order valence-electron chi connectivity index (χ4n) is 2.92. The molecule has 1 atom stereocenters. The van der Waals surface area contributed by atoms with E-state index in [0.717, 1.165) is 28.4 Å². The Labute approximate surface area is 193 Å². The number of carbonyl (C=O) groups excluding carboxylic acids is 1. The van der Waals surface area contributed by atoms with Gasteiger partial charge in [0.1, 0.15) is 0 Å². The van der Waals surface area contributed by atoms with Gasteiger partial charge in [-0.3, -0.25) is 4.79 Å². The number of thioether (sulfide) groups is 1. The highest BCUT2D eigenvalue weighted by molar-refractivity contribution is 8.00. The standard InChI is InChI=1S/C25H27N3OS2/c1-4-23(24(29)26-19-12-8-17(2)9-13-19)31-22-7-5-6-21(16-22)28-25(30)27-20-14-10-18(3)11-15-20/h5-16,23H,4H2,1-3H3,(H,26,29)(H2,27,28,30). The molecule has 3 aromatic rings. The number of nitrogens with one attached hydrogen (secondary N) is 3. The number of anilines is 3. The second kappa shape index (κ2) is 11.0. The van der Waals surface area contributed by atoms with Crippen LogP contribution in [0.1, 0.15) is 24.5 Å². The van der Waals surface area contributed by atoms with Crippen molar-refractivity contribution in [3.05, 3.63) is 83.9 Å². The second-order valence-electron chi connectivity index (χ2n) is 7.34. The predicted octanol–water partition coefficient (Wildman–Crippen LogP) is 6.62. The molecule has 0 aromatic heterocycles. The van der Waals surface area contributed by atoms with Crippen molar-refractivity contribution in [1.82, 2.24) is 0 Å². The average Bonchev–Trinajstić information content (AvgIpc) is 2.75. The first-order chi connectivity index (χ1) is 14.9. The van der Waals surface area contributed by atoms with Gasteiger partial charge in [-0.25, -0.2) is 0 Å². The van der Waals surface area contributed by atoms with Crippen molar-refractivity contribution in [2.75, 3.05) is 16.0 Å². The summed E-state index contributed by atoms with van der Waals surface area (Å²) in [5.41, 5.74) is 5.00. The maximum atomic E-state index is 12.7. The molecule has 31 heavy (non-hydrogen) atoms. The SMILES string of the molecule is CCC(Sc1cccc(NC(=S)Nc2ccc(C)cc2)c1)C(=O)Nc1ccc(C)cc1. The van der Waals surface area contributed by atoms with E-state index in [4.69, 9.17) is 12.2 Å². The topological polar surface area (TPSA) is 53.2 Å². The first-order valence-electron chi connectivity index (χ1n) is 10.2. The van der Waals surface area contributed by atoms with Gasteiger partial charge in [0.2, 0.25) is 5.91 Å². The van der Waals surface area contributed by atoms with Crippen molar-refractivity contribution < 1.29 is 4.79 Å². The van der Waals surface area contributed by atoms with Gasteiger partial charge in [-0.05, 0) is 75.0 Å². The van der Waals surface area contributed by atoms with E-state index in [1.807, 2.05) is 93.6 Å². The lowest BCUT2D eigenvalue weighted by Crippen LogP contribution is -2.24. The first kappa shape index (κ1) is 22.8. The maximum absolute atomic E-state index is 12.7. The zero-order chi connectivity index (χ0) is 22.2. The fraction of sp³-hybridized carbons (Fsp3) is 0.200. The number of carbonyl (C=O) groups is 1. The predicted molar refractivity (Wildman–Crippen MR) is 137 cm³/mol. The highest BCUT2D eigenvalue weighted by atomic mass is 32.2. The molecular weight excluding hydrogens is 422 g/mol. The van der Waals surface area contributed by atoms with Crippen LogP contribution in [-0.4, -0.2) is 16.3 Å². The summed E-state index contributed by atoms with van der Waals surface area (Å²) in [5, 5.41) is 9.75. The summed E-state index contributed by atoms with van der Waals surface area (Å²) in [6.07, 6.45) is 0.730. The third-order valence-corrected chi connectivity index (χ3v) is 6.22. The van der Waals surface area contributed by atoms with E-state index in [0.29, 0.717) is 5.11 Å². The van der Waals surface area contributed by atoms with Gasteiger partial charge in [0.15, 0.2) is 5.11 Å². The monoisotopic (exact) mass is 449 g/mol. The summed E-state index contributed by atoms with van der Waals surface area (Å²) in [4.78, 5) is 13.8. The smallest absolute Gasteiger partial charge is 0.237 e. The maximum Gasteiger partial charge on any atom is 0.237 e. The first-order valence-corrected chi connectivity index (χ1v) is 11.5. The lowest BCUT2D eigenvalue weighted by molar-refractivity contribution is -0.115. The van der Waals surface area contributed by atoms with Gasteiger partial charge in [0, 0.05) is 22.0 Å². The van der Waals surface area contributed by atoms with Crippen LogP contribution in [0.2, 0.25) is 0 Å². The number of hydrogen-bond acceptors (Lipinski definition) is 3. The Kier molecular flexibility index (Phi) is 8.09. The van der Waals surface area contributed by atoms with Gasteiger partial charge in [-0.2, -0.15) is 0 Å². The van der Waals surface area contributed by atoms with E-state index >= 15 is 0 Å². The molecule has 0 heterocycles. The van der Waals surface area contributed by atoms with E-state index in [9.17, 15) is 4.79 Å². The molecule has 0 saturated carbocycles. The molecule has 6 heteroatoms. The van der Waals surface area contributed by atoms with Crippen molar-refractivity contribution >= 4 is 52.1 Å². The highest BCUT2D eigenvalue weighted by Gasteiger charge is 2.18. The largest absolute Gasteiger partial charge is 0.332 e. The third kappa shape index (κ3) is 7.12. The Balaban J connectivity index is 1.60. The normalized spacial score (nSPS) is 11.5. The van der Waals surface area contributed by atoms with Crippen molar-refractivity contribution in [3.8, 4) is 0 Å². The molecule has 4 nitrogen and oxygen atoms in total. The zero-order valence-corrected chi connectivity index (χ0v) is 19.6. The summed E-state index contributed by atoms with van der Waals surface area (Å²) < 4.78 is 0. The molecular formula is C25H27N3OS2. The number of amides is 1. The Morgan fingerprint density at radius 1 is 0.839 bits per heavy atom. The number of thiocarbonyl (C=S) groups is 1. The molecule has 160 valence electrons. The highest BCUT2D eigenvalue weighted by Crippen LogP contribution is 2.28. The molecule has 0 aliphatic heterocycles. The molecule has 3 aromatic carbocycles. The molecule has 0 aliphatic rings. The Bertz CT molecular complexity index is 1030. The minimum Gasteiger partial charge on any atom is -0.332 e. The number of aryl methyl sites for hydroxylation is 2. The quantitative estimate of drug-likeness (QED) is 0.279. The minimum absolute atomic E-state index is 0.00581. The second-order valence-corrected chi connectivity index (χ2v) is 9.03. The van der Waals surface area contributed by atoms with Gasteiger partial charge < -0.3 is 16.0 Å². The summed E-state index contributed by atoms with van der Waals surface area (Å²) in [6, 6.07) is 23.8. The molecule has 0 radical (unpaired) electrons. The summed E-state index contributed by atoms with van der Waals surface area (Å²) >= 11 is 6.99. The molecule has 3 N–H and O–H groups in total. The molecule has 1 amide bonds. The molecule has 0 aliphatic carbocycles. The van der Waals surface area contributed by atoms with Crippen LogP contribution in [0.4, 0.5) is 17.1 Å². The summed E-state index contributed by atoms with van der Waals surface area (Å²) in [6.45, 7) is 6.10. The third-order valence-electron chi connectivity index (χ3n) is 4.66. The summed E-state index contributed by atoms with van der Waals surface area (Å²) in [5.74, 6) is 0.00581. The van der Waals surface area contributed by atoms with E-state index in [1.54, 1.807) is 11.8 Å². The van der Waals surface area contributed by atoms with Crippen molar-refractivity contribution in [2.24, 2.45) is 0 Å². The van der Waals surface area contributed by atoms with E-state index < -0.39 is 0 Å². The Morgan fingerprint density at radius 3 is 1.97 bits per heavy atom. The van der Waals surface area contributed by atoms with Crippen molar-refractivity contribution in [1.29, 1.82) is 0 Å². The number of hydrogen-bond donors (Lipinski definition) is 3. The van der Waals surface area contributed by atoms with Crippen LogP contribution in [0.5, 0.6) is 0 Å². The Morgan fingerprint density at radius 2 is 1.39 bits per heavy atom. The molecule has 0 fully saturated rings. The van der Waals surface area contributed by atoms with Gasteiger partial charge in [-0.1, -0.05) is 48.4 Å². The van der Waals surface area contributed by atoms with Crippen LogP contribution in [0, 0.1) is 13.8 Å². The lowest BCUT2D eigenvalue weighted by atomic mass is 10.2. The van der Waals surface area contributed by atoms with Crippen molar-refractivity contribution in [2.45, 2.75) is 37.3 Å². The van der Waals surface area contributed by atoms with Crippen LogP contribution in [0.3, 0.4) is 0 Å². The zero-order valence-electron chi connectivity index (χ0n) is 17.9. The molecule has 0 saturated heterocycles. The average molecular weight is 450 g/mol. The molecule has 3 rings (SSSR count). The minimum atomic E-state index is -0.186. The Hall–Kier alpha value is -2.83. The summed E-state index contributed by atoms with van der Waals surface area (Å²) in [7, 11) is 0. The number of benzene rings is 3. The van der Waals surface area contributed by atoms with Gasteiger partial charge in [-0.15, -0.1) is 11.8 Å². The number of rotatable bonds is 7. The van der Waals surface area contributed by atoms with Gasteiger partial charge in [0.05, 0.1) is 5.25 Å². The van der Waals surface area contributed by atoms with Crippen molar-refractivity contribution in [3.63, 3.8) is 0 Å². The van der Waals surface area contributed by atoms with Gasteiger partial charge in [0.25, 0.3) is 0 Å². The van der Waals surface area contributed by atoms with E-state index in [1.165, 1.54) is 11.1 Å². The van der Waals surface area contributed by atoms with Crippen LogP contribution in [0.15, 0.2) is 77.7 Å². The molecule has 1 unspecified atom stereocenters. The molecule has 0 bridgehead atoms. The van der Waals surface area contributed by atoms with Crippen LogP contribution in [0.25, 0.3) is 0 Å².